The fourth-order valence-corrected chi connectivity index (χ4v) is 3.24. The van der Waals surface area contributed by atoms with Gasteiger partial charge in [-0.3, -0.25) is 4.90 Å². The quantitative estimate of drug-likeness (QED) is 0.851. The maximum absolute atomic E-state index is 5.69. The van der Waals surface area contributed by atoms with Crippen LogP contribution in [0.2, 0.25) is 0 Å². The molecule has 1 heterocycles. The molecule has 1 N–H and O–H groups in total. The molecule has 100 valence electrons. The Morgan fingerprint density at radius 3 is 2.05 bits per heavy atom. The van der Waals surface area contributed by atoms with E-state index in [1.54, 1.807) is 0 Å². The molecular formula is C16H14N2S2. The Morgan fingerprint density at radius 1 is 0.900 bits per heavy atom. The lowest BCUT2D eigenvalue weighted by atomic mass is 9.93. The Morgan fingerprint density at radius 2 is 1.45 bits per heavy atom. The third-order valence-electron chi connectivity index (χ3n) is 3.56. The molecule has 1 saturated heterocycles. The summed E-state index contributed by atoms with van der Waals surface area (Å²) in [6.45, 7) is 2.07. The zero-order valence-electron chi connectivity index (χ0n) is 11.0. The number of benzene rings is 2. The summed E-state index contributed by atoms with van der Waals surface area (Å²) in [5, 5.41) is 4.01. The first-order valence-electron chi connectivity index (χ1n) is 6.40. The maximum atomic E-state index is 5.69. The van der Waals surface area contributed by atoms with Gasteiger partial charge in [0, 0.05) is 5.69 Å². The Kier molecular flexibility index (Phi) is 3.28. The van der Waals surface area contributed by atoms with E-state index < -0.39 is 5.54 Å². The van der Waals surface area contributed by atoms with Crippen molar-refractivity contribution in [3.05, 3.63) is 66.2 Å². The predicted octanol–water partition coefficient (Wildman–Crippen LogP) is 3.62. The van der Waals surface area contributed by atoms with Crippen LogP contribution in [0.5, 0.6) is 0 Å². The third-order valence-corrected chi connectivity index (χ3v) is 4.43. The molecule has 1 fully saturated rings. The average Bonchev–Trinajstić information content (AvgIpc) is 2.72. The first-order valence-corrected chi connectivity index (χ1v) is 7.22. The van der Waals surface area contributed by atoms with Crippen LogP contribution in [0.4, 0.5) is 5.69 Å². The largest absolute Gasteiger partial charge is 0.346 e. The normalized spacial score (nSPS) is 21.9. The Balaban J connectivity index is 2.03. The molecule has 1 aliphatic heterocycles. The van der Waals surface area contributed by atoms with Gasteiger partial charge in [-0.25, -0.2) is 0 Å². The van der Waals surface area contributed by atoms with Gasteiger partial charge in [0.25, 0.3) is 0 Å². The third kappa shape index (κ3) is 2.01. The number of thiocarbonyl (C=S) groups is 2. The summed E-state index contributed by atoms with van der Waals surface area (Å²) in [6.07, 6.45) is 0. The zero-order chi connectivity index (χ0) is 14.2. The van der Waals surface area contributed by atoms with E-state index in [-0.39, 0.29) is 0 Å². The van der Waals surface area contributed by atoms with Crippen LogP contribution in [0.1, 0.15) is 12.5 Å². The van der Waals surface area contributed by atoms with Crippen molar-refractivity contribution in [3.63, 3.8) is 0 Å². The number of nitrogens with zero attached hydrogens (tertiary/aromatic N) is 1. The van der Waals surface area contributed by atoms with Crippen LogP contribution in [0.3, 0.4) is 0 Å². The van der Waals surface area contributed by atoms with Gasteiger partial charge in [0.2, 0.25) is 0 Å². The summed E-state index contributed by atoms with van der Waals surface area (Å²) in [4.78, 5) is 2.71. The van der Waals surface area contributed by atoms with Crippen LogP contribution in [-0.2, 0) is 5.54 Å². The molecule has 1 aliphatic rings. The van der Waals surface area contributed by atoms with Crippen LogP contribution in [-0.4, -0.2) is 10.1 Å². The highest BCUT2D eigenvalue weighted by atomic mass is 32.1. The number of nitrogens with one attached hydrogen (secondary N) is 1. The molecule has 20 heavy (non-hydrogen) atoms. The van der Waals surface area contributed by atoms with Crippen LogP contribution < -0.4 is 10.2 Å². The number of rotatable bonds is 2. The van der Waals surface area contributed by atoms with Crippen molar-refractivity contribution in [2.75, 3.05) is 4.90 Å². The van der Waals surface area contributed by atoms with E-state index in [1.165, 1.54) is 0 Å². The smallest absolute Gasteiger partial charge is 0.179 e. The van der Waals surface area contributed by atoms with Crippen LogP contribution in [0, 0.1) is 0 Å². The molecule has 0 spiro atoms. The predicted molar refractivity (Wildman–Crippen MR) is 91.0 cm³/mol. The summed E-state index contributed by atoms with van der Waals surface area (Å²) in [6, 6.07) is 20.1. The molecule has 0 bridgehead atoms. The van der Waals surface area contributed by atoms with Crippen molar-refractivity contribution in [1.82, 2.24) is 5.32 Å². The second kappa shape index (κ2) is 4.96. The lowest BCUT2D eigenvalue weighted by molar-refractivity contribution is 0.624. The summed E-state index contributed by atoms with van der Waals surface area (Å²) < 4.78 is 0. The number of hydrogen-bond donors (Lipinski definition) is 1. The average molecular weight is 298 g/mol. The Labute approximate surface area is 129 Å². The van der Waals surface area contributed by atoms with Crippen molar-refractivity contribution in [3.8, 4) is 0 Å². The van der Waals surface area contributed by atoms with E-state index in [0.717, 1.165) is 16.2 Å². The molecule has 1 unspecified atom stereocenters. The van der Waals surface area contributed by atoms with E-state index in [2.05, 4.69) is 24.4 Å². The molecule has 3 rings (SSSR count). The van der Waals surface area contributed by atoms with Gasteiger partial charge in [0.15, 0.2) is 5.11 Å². The molecule has 2 nitrogen and oxygen atoms in total. The topological polar surface area (TPSA) is 15.3 Å². The number of hydrogen-bond acceptors (Lipinski definition) is 2. The lowest BCUT2D eigenvalue weighted by Crippen LogP contribution is -2.39. The highest BCUT2D eigenvalue weighted by Crippen LogP contribution is 2.32. The van der Waals surface area contributed by atoms with Crippen molar-refractivity contribution in [1.29, 1.82) is 0 Å². The lowest BCUT2D eigenvalue weighted by Gasteiger charge is -2.25. The van der Waals surface area contributed by atoms with Crippen molar-refractivity contribution < 1.29 is 0 Å². The second-order valence-electron chi connectivity index (χ2n) is 4.90. The van der Waals surface area contributed by atoms with Gasteiger partial charge in [0.05, 0.1) is 0 Å². The highest BCUT2D eigenvalue weighted by Gasteiger charge is 2.43. The van der Waals surface area contributed by atoms with Crippen LogP contribution in [0.15, 0.2) is 60.7 Å². The standard InChI is InChI=1S/C16H14N2S2/c1-16(12-8-4-2-5-9-12)14(19)18(15(20)17-16)13-10-6-3-7-11-13/h2-11H,1H3,(H,17,20). The van der Waals surface area contributed by atoms with Crippen molar-refractivity contribution in [2.24, 2.45) is 0 Å². The molecule has 0 radical (unpaired) electrons. The van der Waals surface area contributed by atoms with Gasteiger partial charge in [-0.05, 0) is 36.8 Å². The van der Waals surface area contributed by atoms with E-state index in [0.29, 0.717) is 5.11 Å². The molecule has 1 atom stereocenters. The molecular weight excluding hydrogens is 284 g/mol. The van der Waals surface area contributed by atoms with Crippen LogP contribution >= 0.6 is 24.4 Å². The minimum atomic E-state index is -0.441. The summed E-state index contributed by atoms with van der Waals surface area (Å²) in [5.41, 5.74) is 1.67. The Bertz CT molecular complexity index is 655. The van der Waals surface area contributed by atoms with E-state index >= 15 is 0 Å². The SMILES string of the molecule is CC1(c2ccccc2)NC(=S)N(c2ccccc2)C1=S. The van der Waals surface area contributed by atoms with Crippen LogP contribution in [0.25, 0.3) is 0 Å². The van der Waals surface area contributed by atoms with Crippen molar-refractivity contribution >= 4 is 40.2 Å². The monoisotopic (exact) mass is 298 g/mol. The Hall–Kier alpha value is -1.78. The molecule has 2 aromatic rings. The second-order valence-corrected chi connectivity index (χ2v) is 5.67. The fourth-order valence-electron chi connectivity index (χ4n) is 2.42. The molecule has 0 amide bonds. The first kappa shape index (κ1) is 13.2. The van der Waals surface area contributed by atoms with Gasteiger partial charge >= 0.3 is 0 Å². The van der Waals surface area contributed by atoms with Crippen molar-refractivity contribution in [2.45, 2.75) is 12.5 Å². The maximum Gasteiger partial charge on any atom is 0.179 e. The van der Waals surface area contributed by atoms with Gasteiger partial charge < -0.3 is 5.32 Å². The number of para-hydroxylation sites is 1. The van der Waals surface area contributed by atoms with Gasteiger partial charge in [-0.1, -0.05) is 60.7 Å². The fraction of sp³-hybridized carbons (Fsp3) is 0.125. The molecule has 2 aromatic carbocycles. The van der Waals surface area contributed by atoms with Gasteiger partial charge in [-0.2, -0.15) is 0 Å². The first-order chi connectivity index (χ1) is 9.63. The van der Waals surface area contributed by atoms with E-state index in [4.69, 9.17) is 24.4 Å². The molecule has 0 saturated carbocycles. The van der Waals surface area contributed by atoms with Gasteiger partial charge in [-0.15, -0.1) is 0 Å². The minimum Gasteiger partial charge on any atom is -0.346 e. The molecule has 0 aliphatic carbocycles. The minimum absolute atomic E-state index is 0.441. The summed E-state index contributed by atoms with van der Waals surface area (Å²) in [5.74, 6) is 0. The highest BCUT2D eigenvalue weighted by molar-refractivity contribution is 7.83. The van der Waals surface area contributed by atoms with Gasteiger partial charge in [0.1, 0.15) is 10.5 Å². The summed E-state index contributed by atoms with van der Waals surface area (Å²) >= 11 is 11.2. The number of anilines is 1. The van der Waals surface area contributed by atoms with E-state index in [1.807, 2.05) is 53.4 Å². The summed E-state index contributed by atoms with van der Waals surface area (Å²) in [7, 11) is 0. The molecule has 0 aromatic heterocycles. The molecule has 4 heteroatoms. The van der Waals surface area contributed by atoms with E-state index in [9.17, 15) is 0 Å². The zero-order valence-corrected chi connectivity index (χ0v) is 12.7.